The highest BCUT2D eigenvalue weighted by molar-refractivity contribution is 8.01. The average Bonchev–Trinajstić information content (AvgIpc) is 2.38. The summed E-state index contributed by atoms with van der Waals surface area (Å²) in [5.41, 5.74) is 0.347. The smallest absolute Gasteiger partial charge is 0.0676 e. The average molecular weight is 213 g/mol. The molecule has 2 aliphatic rings. The maximum Gasteiger partial charge on any atom is 0.0676 e. The molecule has 1 aliphatic carbocycles. The van der Waals surface area contributed by atoms with Crippen LogP contribution in [0.3, 0.4) is 0 Å². The van der Waals surface area contributed by atoms with Gasteiger partial charge >= 0.3 is 0 Å². The Kier molecular flexibility index (Phi) is 2.64. The zero-order valence-corrected chi connectivity index (χ0v) is 10.7. The lowest BCUT2D eigenvalue weighted by Crippen LogP contribution is -2.52. The van der Waals surface area contributed by atoms with Crippen molar-refractivity contribution >= 4 is 11.8 Å². The molecule has 1 spiro atoms. The first-order valence-electron chi connectivity index (χ1n) is 5.87. The van der Waals surface area contributed by atoms with Gasteiger partial charge in [-0.2, -0.15) is 0 Å². The molecule has 0 aromatic heterocycles. The summed E-state index contributed by atoms with van der Waals surface area (Å²) in [6, 6.07) is 0. The fourth-order valence-electron chi connectivity index (χ4n) is 2.97. The first-order chi connectivity index (χ1) is 6.44. The van der Waals surface area contributed by atoms with E-state index in [9.17, 15) is 0 Å². The summed E-state index contributed by atoms with van der Waals surface area (Å²) < 4.78 is 0. The van der Waals surface area contributed by atoms with Crippen molar-refractivity contribution in [1.29, 1.82) is 0 Å². The van der Waals surface area contributed by atoms with Crippen molar-refractivity contribution in [3.63, 3.8) is 0 Å². The molecular weight excluding hydrogens is 190 g/mol. The Balaban J connectivity index is 2.10. The molecule has 1 N–H and O–H groups in total. The summed E-state index contributed by atoms with van der Waals surface area (Å²) in [6.45, 7) is 9.49. The summed E-state index contributed by atoms with van der Waals surface area (Å²) in [5.74, 6) is 3.03. The molecule has 2 rings (SSSR count). The number of hydrogen-bond donors (Lipinski definition) is 1. The topological polar surface area (TPSA) is 12.0 Å². The summed E-state index contributed by atoms with van der Waals surface area (Å²) >= 11 is 2.17. The van der Waals surface area contributed by atoms with Crippen LogP contribution in [0, 0.1) is 11.8 Å². The highest BCUT2D eigenvalue weighted by atomic mass is 32.2. The van der Waals surface area contributed by atoms with E-state index in [-0.39, 0.29) is 0 Å². The number of nitrogens with one attached hydrogen (secondary N) is 1. The standard InChI is InChI=1S/C12H23NS/c1-9-5-6-12(10(2)7-9)13-11(3,4)8-14-12/h9-10,13H,5-8H2,1-4H3. The van der Waals surface area contributed by atoms with E-state index >= 15 is 0 Å². The van der Waals surface area contributed by atoms with Crippen LogP contribution in [-0.4, -0.2) is 16.2 Å². The lowest BCUT2D eigenvalue weighted by molar-refractivity contribution is 0.183. The molecule has 1 saturated carbocycles. The minimum atomic E-state index is 0.347. The van der Waals surface area contributed by atoms with E-state index in [1.54, 1.807) is 0 Å². The first-order valence-corrected chi connectivity index (χ1v) is 6.85. The molecule has 1 nitrogen and oxygen atoms in total. The van der Waals surface area contributed by atoms with Gasteiger partial charge in [-0.3, -0.25) is 5.32 Å². The highest BCUT2D eigenvalue weighted by Gasteiger charge is 2.48. The minimum absolute atomic E-state index is 0.347. The largest absolute Gasteiger partial charge is 0.297 e. The van der Waals surface area contributed by atoms with Crippen molar-refractivity contribution in [2.45, 2.75) is 57.4 Å². The van der Waals surface area contributed by atoms with Crippen molar-refractivity contribution in [3.8, 4) is 0 Å². The van der Waals surface area contributed by atoms with Gasteiger partial charge in [-0.25, -0.2) is 0 Å². The normalized spacial score (nSPS) is 47.1. The van der Waals surface area contributed by atoms with E-state index in [0.717, 1.165) is 11.8 Å². The second-order valence-electron chi connectivity index (χ2n) is 5.97. The number of thioether (sulfide) groups is 1. The lowest BCUT2D eigenvalue weighted by atomic mass is 9.78. The Morgan fingerprint density at radius 3 is 2.50 bits per heavy atom. The molecule has 0 radical (unpaired) electrons. The Bertz CT molecular complexity index is 226. The molecule has 1 saturated heterocycles. The molecule has 3 unspecified atom stereocenters. The van der Waals surface area contributed by atoms with E-state index in [4.69, 9.17) is 0 Å². The van der Waals surface area contributed by atoms with Crippen LogP contribution in [0.15, 0.2) is 0 Å². The van der Waals surface area contributed by atoms with E-state index in [0.29, 0.717) is 10.4 Å². The molecule has 0 aromatic rings. The van der Waals surface area contributed by atoms with Crippen LogP contribution >= 0.6 is 11.8 Å². The third kappa shape index (κ3) is 1.83. The van der Waals surface area contributed by atoms with Crippen LogP contribution in [0.5, 0.6) is 0 Å². The third-order valence-electron chi connectivity index (χ3n) is 3.80. The van der Waals surface area contributed by atoms with Crippen molar-refractivity contribution < 1.29 is 0 Å². The zero-order valence-electron chi connectivity index (χ0n) is 9.89. The molecule has 1 aliphatic heterocycles. The summed E-state index contributed by atoms with van der Waals surface area (Å²) in [5, 5.41) is 3.88. The maximum absolute atomic E-state index is 3.88. The Morgan fingerprint density at radius 1 is 1.29 bits per heavy atom. The van der Waals surface area contributed by atoms with E-state index in [2.05, 4.69) is 44.8 Å². The van der Waals surface area contributed by atoms with E-state index in [1.807, 2.05) is 0 Å². The third-order valence-corrected chi connectivity index (χ3v) is 5.89. The van der Waals surface area contributed by atoms with Crippen molar-refractivity contribution in [2.75, 3.05) is 5.75 Å². The van der Waals surface area contributed by atoms with Gasteiger partial charge in [-0.15, -0.1) is 11.8 Å². The van der Waals surface area contributed by atoms with Gasteiger partial charge in [0.1, 0.15) is 0 Å². The van der Waals surface area contributed by atoms with Crippen molar-refractivity contribution in [1.82, 2.24) is 5.32 Å². The van der Waals surface area contributed by atoms with Gasteiger partial charge in [0.2, 0.25) is 0 Å². The summed E-state index contributed by atoms with van der Waals surface area (Å²) in [7, 11) is 0. The second-order valence-corrected chi connectivity index (χ2v) is 7.27. The predicted molar refractivity (Wildman–Crippen MR) is 64.6 cm³/mol. The Labute approximate surface area is 92.4 Å². The SMILES string of the molecule is CC1CCC2(NC(C)(C)CS2)C(C)C1. The first kappa shape index (κ1) is 10.8. The zero-order chi connectivity index (χ0) is 10.4. The Hall–Kier alpha value is 0.310. The van der Waals surface area contributed by atoms with E-state index in [1.165, 1.54) is 25.0 Å². The molecule has 2 heteroatoms. The maximum atomic E-state index is 3.88. The van der Waals surface area contributed by atoms with Crippen LogP contribution in [0.25, 0.3) is 0 Å². The fourth-order valence-corrected chi connectivity index (χ4v) is 4.66. The van der Waals surface area contributed by atoms with Crippen LogP contribution < -0.4 is 5.32 Å². The second kappa shape index (κ2) is 3.41. The molecule has 0 amide bonds. The van der Waals surface area contributed by atoms with Gasteiger partial charge in [0.25, 0.3) is 0 Å². The predicted octanol–water partition coefficient (Wildman–Crippen LogP) is 3.25. The van der Waals surface area contributed by atoms with Gasteiger partial charge in [0.15, 0.2) is 0 Å². The molecule has 1 heterocycles. The molecule has 82 valence electrons. The number of rotatable bonds is 0. The van der Waals surface area contributed by atoms with Gasteiger partial charge in [-0.1, -0.05) is 13.8 Å². The van der Waals surface area contributed by atoms with Crippen LogP contribution in [0.1, 0.15) is 47.0 Å². The van der Waals surface area contributed by atoms with Gasteiger partial charge < -0.3 is 0 Å². The van der Waals surface area contributed by atoms with Crippen LogP contribution in [-0.2, 0) is 0 Å². The number of hydrogen-bond acceptors (Lipinski definition) is 2. The highest BCUT2D eigenvalue weighted by Crippen LogP contribution is 2.49. The van der Waals surface area contributed by atoms with Crippen molar-refractivity contribution in [2.24, 2.45) is 11.8 Å². The molecule has 0 aromatic carbocycles. The lowest BCUT2D eigenvalue weighted by Gasteiger charge is -2.43. The van der Waals surface area contributed by atoms with Gasteiger partial charge in [0.05, 0.1) is 4.87 Å². The monoisotopic (exact) mass is 213 g/mol. The van der Waals surface area contributed by atoms with Crippen LogP contribution in [0.2, 0.25) is 0 Å². The summed E-state index contributed by atoms with van der Waals surface area (Å²) in [6.07, 6.45) is 4.17. The molecule has 2 fully saturated rings. The molecular formula is C12H23NS. The molecule has 0 bridgehead atoms. The fraction of sp³-hybridized carbons (Fsp3) is 1.00. The quantitative estimate of drug-likeness (QED) is 0.663. The Morgan fingerprint density at radius 2 is 2.00 bits per heavy atom. The van der Waals surface area contributed by atoms with Gasteiger partial charge in [-0.05, 0) is 44.9 Å². The van der Waals surface area contributed by atoms with E-state index < -0.39 is 0 Å². The van der Waals surface area contributed by atoms with Gasteiger partial charge in [0, 0.05) is 11.3 Å². The minimum Gasteiger partial charge on any atom is -0.297 e. The molecule has 14 heavy (non-hydrogen) atoms. The van der Waals surface area contributed by atoms with Crippen molar-refractivity contribution in [3.05, 3.63) is 0 Å². The van der Waals surface area contributed by atoms with Crippen LogP contribution in [0.4, 0.5) is 0 Å². The summed E-state index contributed by atoms with van der Waals surface area (Å²) in [4.78, 5) is 0.413. The molecule has 3 atom stereocenters.